The lowest BCUT2D eigenvalue weighted by Gasteiger charge is -2.01. The van der Waals surface area contributed by atoms with Crippen LogP contribution in [0.2, 0.25) is 0 Å². The number of thiophene rings is 1. The minimum absolute atomic E-state index is 0.246. The first kappa shape index (κ1) is 13.1. The summed E-state index contributed by atoms with van der Waals surface area (Å²) in [6.07, 6.45) is 1.66. The van der Waals surface area contributed by atoms with Crippen LogP contribution in [0.15, 0.2) is 22.1 Å². The summed E-state index contributed by atoms with van der Waals surface area (Å²) in [6.45, 7) is 3.11. The van der Waals surface area contributed by atoms with Gasteiger partial charge in [0.2, 0.25) is 0 Å². The van der Waals surface area contributed by atoms with Gasteiger partial charge in [-0.15, -0.1) is 11.3 Å². The lowest BCUT2D eigenvalue weighted by molar-refractivity contribution is 0.0946. The molecule has 0 fully saturated rings. The topological polar surface area (TPSA) is 72.9 Å². The summed E-state index contributed by atoms with van der Waals surface area (Å²) in [5, 5.41) is 8.89. The van der Waals surface area contributed by atoms with Crippen molar-refractivity contribution < 1.29 is 4.79 Å². The fourth-order valence-corrected chi connectivity index (χ4v) is 2.86. The summed E-state index contributed by atoms with van der Waals surface area (Å²) in [6, 6.07) is 1.97. The van der Waals surface area contributed by atoms with Crippen molar-refractivity contribution in [1.82, 2.24) is 15.1 Å². The highest BCUT2D eigenvalue weighted by Crippen LogP contribution is 2.19. The van der Waals surface area contributed by atoms with Gasteiger partial charge in [-0.3, -0.25) is 9.48 Å². The number of hydrogen-bond donors (Lipinski definition) is 2. The number of aryl methyl sites for hydroxylation is 1. The van der Waals surface area contributed by atoms with Gasteiger partial charge in [0.05, 0.1) is 12.2 Å². The van der Waals surface area contributed by atoms with Gasteiger partial charge < -0.3 is 11.1 Å². The first-order valence-corrected chi connectivity index (χ1v) is 7.11. The van der Waals surface area contributed by atoms with E-state index in [0.29, 0.717) is 18.8 Å². The third-order valence-electron chi connectivity index (χ3n) is 2.37. The Balaban J connectivity index is 2.01. The fourth-order valence-electron chi connectivity index (χ4n) is 1.47. The number of nitrogens with zero attached hydrogens (tertiary/aromatic N) is 2. The third-order valence-corrected chi connectivity index (χ3v) is 4.07. The molecule has 0 atom stereocenters. The normalized spacial score (nSPS) is 10.6. The average molecular weight is 329 g/mol. The van der Waals surface area contributed by atoms with Crippen molar-refractivity contribution in [3.8, 4) is 0 Å². The van der Waals surface area contributed by atoms with Crippen LogP contribution < -0.4 is 11.1 Å². The fraction of sp³-hybridized carbons (Fsp3) is 0.273. The SMILES string of the molecule is CCn1cc(N)c(C(=O)NCc2cc(Br)cs2)n1. The summed E-state index contributed by atoms with van der Waals surface area (Å²) in [4.78, 5) is 13.0. The molecule has 0 saturated carbocycles. The van der Waals surface area contributed by atoms with Gasteiger partial charge >= 0.3 is 0 Å². The molecule has 0 unspecified atom stereocenters. The molecule has 2 aromatic rings. The largest absolute Gasteiger partial charge is 0.396 e. The molecule has 2 aromatic heterocycles. The van der Waals surface area contributed by atoms with Crippen molar-refractivity contribution in [2.75, 3.05) is 5.73 Å². The Hall–Kier alpha value is -1.34. The highest BCUT2D eigenvalue weighted by atomic mass is 79.9. The minimum Gasteiger partial charge on any atom is -0.396 e. The number of nitrogen functional groups attached to an aromatic ring is 1. The standard InChI is InChI=1S/C11H13BrN4OS/c1-2-16-5-9(13)10(15-16)11(17)14-4-8-3-7(12)6-18-8/h3,5-6H,2,4,13H2,1H3,(H,14,17). The molecule has 0 saturated heterocycles. The van der Waals surface area contributed by atoms with Crippen molar-refractivity contribution in [2.45, 2.75) is 20.0 Å². The Kier molecular flexibility index (Phi) is 4.03. The van der Waals surface area contributed by atoms with Gasteiger partial charge in [0.15, 0.2) is 5.69 Å². The van der Waals surface area contributed by atoms with Gasteiger partial charge in [-0.2, -0.15) is 5.10 Å². The van der Waals surface area contributed by atoms with Crippen molar-refractivity contribution in [3.05, 3.63) is 32.7 Å². The Morgan fingerprint density at radius 1 is 1.67 bits per heavy atom. The lowest BCUT2D eigenvalue weighted by Crippen LogP contribution is -2.23. The number of carbonyl (C=O) groups is 1. The zero-order chi connectivity index (χ0) is 13.1. The molecule has 0 aliphatic carbocycles. The van der Waals surface area contributed by atoms with E-state index in [1.165, 1.54) is 0 Å². The van der Waals surface area contributed by atoms with Gasteiger partial charge in [-0.1, -0.05) is 0 Å². The molecule has 1 amide bonds. The summed E-state index contributed by atoms with van der Waals surface area (Å²) in [5.74, 6) is -0.246. The smallest absolute Gasteiger partial charge is 0.274 e. The molecule has 0 aromatic carbocycles. The first-order chi connectivity index (χ1) is 8.60. The van der Waals surface area contributed by atoms with E-state index in [1.54, 1.807) is 22.2 Å². The summed E-state index contributed by atoms with van der Waals surface area (Å²) in [5.41, 5.74) is 6.43. The van der Waals surface area contributed by atoms with Crippen LogP contribution in [0.3, 0.4) is 0 Å². The molecule has 0 spiro atoms. The van der Waals surface area contributed by atoms with E-state index in [9.17, 15) is 4.79 Å². The Labute approximate surface area is 117 Å². The van der Waals surface area contributed by atoms with Gasteiger partial charge in [0, 0.05) is 27.5 Å². The number of nitrogens with one attached hydrogen (secondary N) is 1. The van der Waals surface area contributed by atoms with Gasteiger partial charge in [-0.05, 0) is 28.9 Å². The lowest BCUT2D eigenvalue weighted by atomic mass is 10.3. The zero-order valence-corrected chi connectivity index (χ0v) is 12.2. The van der Waals surface area contributed by atoms with E-state index < -0.39 is 0 Å². The van der Waals surface area contributed by atoms with Crippen LogP contribution in [-0.4, -0.2) is 15.7 Å². The quantitative estimate of drug-likeness (QED) is 0.903. The Bertz CT molecular complexity index is 563. The van der Waals surface area contributed by atoms with E-state index in [2.05, 4.69) is 26.3 Å². The number of rotatable bonds is 4. The van der Waals surface area contributed by atoms with E-state index in [1.807, 2.05) is 18.4 Å². The van der Waals surface area contributed by atoms with E-state index in [0.717, 1.165) is 9.35 Å². The monoisotopic (exact) mass is 328 g/mol. The van der Waals surface area contributed by atoms with Crippen LogP contribution in [0.25, 0.3) is 0 Å². The highest BCUT2D eigenvalue weighted by molar-refractivity contribution is 9.10. The van der Waals surface area contributed by atoms with E-state index in [-0.39, 0.29) is 11.6 Å². The van der Waals surface area contributed by atoms with Crippen molar-refractivity contribution in [1.29, 1.82) is 0 Å². The summed E-state index contributed by atoms with van der Waals surface area (Å²) in [7, 11) is 0. The molecule has 3 N–H and O–H groups in total. The van der Waals surface area contributed by atoms with Gasteiger partial charge in [-0.25, -0.2) is 0 Å². The molecule has 0 bridgehead atoms. The van der Waals surface area contributed by atoms with Crippen molar-refractivity contribution >= 4 is 38.9 Å². The first-order valence-electron chi connectivity index (χ1n) is 5.44. The third kappa shape index (κ3) is 2.91. The molecule has 0 aliphatic rings. The molecule has 0 aliphatic heterocycles. The van der Waals surface area contributed by atoms with Crippen LogP contribution in [0.4, 0.5) is 5.69 Å². The number of carbonyl (C=O) groups excluding carboxylic acids is 1. The predicted molar refractivity (Wildman–Crippen MR) is 75.5 cm³/mol. The van der Waals surface area contributed by atoms with Crippen LogP contribution in [0, 0.1) is 0 Å². The molecule has 96 valence electrons. The number of nitrogens with two attached hydrogens (primary N) is 1. The second-order valence-corrected chi connectivity index (χ2v) is 5.61. The Morgan fingerprint density at radius 3 is 3.00 bits per heavy atom. The second-order valence-electron chi connectivity index (χ2n) is 3.70. The van der Waals surface area contributed by atoms with Gasteiger partial charge in [0.25, 0.3) is 5.91 Å². The predicted octanol–water partition coefficient (Wildman–Crippen LogP) is 2.24. The molecular formula is C11H13BrN4OS. The molecule has 7 heteroatoms. The number of amides is 1. The maximum atomic E-state index is 11.9. The number of halogens is 1. The zero-order valence-electron chi connectivity index (χ0n) is 9.81. The van der Waals surface area contributed by atoms with Crippen LogP contribution in [0.5, 0.6) is 0 Å². The molecule has 2 rings (SSSR count). The minimum atomic E-state index is -0.246. The summed E-state index contributed by atoms with van der Waals surface area (Å²) < 4.78 is 2.66. The molecule has 18 heavy (non-hydrogen) atoms. The number of anilines is 1. The molecule has 5 nitrogen and oxygen atoms in total. The van der Waals surface area contributed by atoms with Crippen molar-refractivity contribution in [3.63, 3.8) is 0 Å². The van der Waals surface area contributed by atoms with Crippen molar-refractivity contribution in [2.24, 2.45) is 0 Å². The van der Waals surface area contributed by atoms with E-state index in [4.69, 9.17) is 5.73 Å². The maximum Gasteiger partial charge on any atom is 0.274 e. The van der Waals surface area contributed by atoms with Crippen LogP contribution in [0.1, 0.15) is 22.3 Å². The van der Waals surface area contributed by atoms with Crippen LogP contribution in [-0.2, 0) is 13.1 Å². The summed E-state index contributed by atoms with van der Waals surface area (Å²) >= 11 is 4.95. The highest BCUT2D eigenvalue weighted by Gasteiger charge is 2.14. The van der Waals surface area contributed by atoms with Crippen LogP contribution >= 0.6 is 27.3 Å². The average Bonchev–Trinajstić information content (AvgIpc) is 2.92. The molecule has 2 heterocycles. The Morgan fingerprint density at radius 2 is 2.44 bits per heavy atom. The maximum absolute atomic E-state index is 11.9. The second kappa shape index (κ2) is 5.53. The number of hydrogen-bond acceptors (Lipinski definition) is 4. The molecular weight excluding hydrogens is 316 g/mol. The van der Waals surface area contributed by atoms with E-state index >= 15 is 0 Å². The number of aromatic nitrogens is 2. The molecule has 0 radical (unpaired) electrons. The van der Waals surface area contributed by atoms with Gasteiger partial charge in [0.1, 0.15) is 0 Å².